The first-order valence-corrected chi connectivity index (χ1v) is 9.86. The van der Waals surface area contributed by atoms with Crippen LogP contribution in [0.1, 0.15) is 28.8 Å². The molecule has 2 amide bonds. The minimum absolute atomic E-state index is 0.0967. The molecule has 1 saturated heterocycles. The van der Waals surface area contributed by atoms with Gasteiger partial charge in [0.1, 0.15) is 6.10 Å². The molecule has 1 aromatic heterocycles. The first kappa shape index (κ1) is 21.6. The van der Waals surface area contributed by atoms with Crippen LogP contribution in [-0.2, 0) is 15.7 Å². The van der Waals surface area contributed by atoms with Gasteiger partial charge in [0.2, 0.25) is 0 Å². The number of carbonyl (C=O) groups is 2. The van der Waals surface area contributed by atoms with E-state index in [0.29, 0.717) is 18.7 Å². The number of nitrogens with one attached hydrogen (secondary N) is 2. The molecule has 7 nitrogen and oxygen atoms in total. The minimum Gasteiger partial charge on any atom is -0.368 e. The number of amides is 2. The number of benzene rings is 2. The largest absolute Gasteiger partial charge is 0.418 e. The number of nitrogens with zero attached hydrogens (tertiary/aromatic N) is 2. The zero-order chi connectivity index (χ0) is 22.7. The number of hydrogen-bond acceptors (Lipinski definition) is 4. The Morgan fingerprint density at radius 2 is 1.94 bits per heavy atom. The summed E-state index contributed by atoms with van der Waals surface area (Å²) in [6, 6.07) is 11.1. The van der Waals surface area contributed by atoms with Crippen LogP contribution in [0, 0.1) is 0 Å². The van der Waals surface area contributed by atoms with Gasteiger partial charge in [0.25, 0.3) is 11.8 Å². The molecule has 0 bridgehead atoms. The van der Waals surface area contributed by atoms with Gasteiger partial charge in [-0.1, -0.05) is 6.07 Å². The number of hydrogen-bond donors (Lipinski definition) is 2. The maximum absolute atomic E-state index is 13.6. The van der Waals surface area contributed by atoms with Gasteiger partial charge >= 0.3 is 6.18 Å². The molecule has 2 heterocycles. The van der Waals surface area contributed by atoms with E-state index < -0.39 is 23.8 Å². The van der Waals surface area contributed by atoms with Crippen molar-refractivity contribution >= 4 is 23.2 Å². The Morgan fingerprint density at radius 3 is 2.62 bits per heavy atom. The average molecular weight is 444 g/mol. The third-order valence-electron chi connectivity index (χ3n) is 4.94. The second-order valence-corrected chi connectivity index (χ2v) is 7.20. The minimum atomic E-state index is -4.69. The van der Waals surface area contributed by atoms with Crippen LogP contribution in [-0.4, -0.2) is 34.3 Å². The summed E-state index contributed by atoms with van der Waals surface area (Å²) in [6.45, 7) is 0.515. The summed E-state index contributed by atoms with van der Waals surface area (Å²) >= 11 is 0. The highest BCUT2D eigenvalue weighted by Gasteiger charge is 2.34. The summed E-state index contributed by atoms with van der Waals surface area (Å²) in [5.74, 6) is -1.07. The summed E-state index contributed by atoms with van der Waals surface area (Å²) in [6.07, 6.45) is -0.863. The highest BCUT2D eigenvalue weighted by Crippen LogP contribution is 2.36. The summed E-state index contributed by atoms with van der Waals surface area (Å²) in [7, 11) is 0. The fourth-order valence-electron chi connectivity index (χ4n) is 3.38. The van der Waals surface area contributed by atoms with Gasteiger partial charge in [-0.25, -0.2) is 4.68 Å². The third kappa shape index (κ3) is 4.80. The molecule has 2 aromatic carbocycles. The van der Waals surface area contributed by atoms with Gasteiger partial charge in [-0.15, -0.1) is 0 Å². The molecule has 1 fully saturated rings. The number of aromatic nitrogens is 2. The van der Waals surface area contributed by atoms with E-state index in [-0.39, 0.29) is 22.8 Å². The monoisotopic (exact) mass is 444 g/mol. The van der Waals surface area contributed by atoms with Crippen molar-refractivity contribution in [1.29, 1.82) is 0 Å². The van der Waals surface area contributed by atoms with E-state index in [0.717, 1.165) is 12.5 Å². The predicted molar refractivity (Wildman–Crippen MR) is 111 cm³/mol. The molecule has 2 N–H and O–H groups in total. The van der Waals surface area contributed by atoms with Crippen LogP contribution in [0.3, 0.4) is 0 Å². The molecular formula is C22H19F3N4O3. The Kier molecular flexibility index (Phi) is 5.95. The number of alkyl halides is 3. The molecule has 32 heavy (non-hydrogen) atoms. The van der Waals surface area contributed by atoms with E-state index in [1.807, 2.05) is 0 Å². The number of anilines is 2. The predicted octanol–water partition coefficient (Wildman–Crippen LogP) is 4.26. The number of rotatable bonds is 5. The van der Waals surface area contributed by atoms with Crippen molar-refractivity contribution < 1.29 is 27.5 Å². The van der Waals surface area contributed by atoms with Crippen LogP contribution in [0.2, 0.25) is 0 Å². The molecule has 10 heteroatoms. The van der Waals surface area contributed by atoms with Crippen molar-refractivity contribution in [3.05, 3.63) is 72.1 Å². The van der Waals surface area contributed by atoms with E-state index in [2.05, 4.69) is 15.7 Å². The second kappa shape index (κ2) is 8.83. The molecule has 0 spiro atoms. The lowest BCUT2D eigenvalue weighted by atomic mass is 10.1. The lowest BCUT2D eigenvalue weighted by Crippen LogP contribution is -2.27. The zero-order valence-electron chi connectivity index (χ0n) is 16.7. The fourth-order valence-corrected chi connectivity index (χ4v) is 3.38. The Hall–Kier alpha value is -3.66. The highest BCUT2D eigenvalue weighted by molar-refractivity contribution is 6.06. The summed E-state index contributed by atoms with van der Waals surface area (Å²) in [5.41, 5.74) is -0.726. The molecule has 4 rings (SSSR count). The van der Waals surface area contributed by atoms with E-state index >= 15 is 0 Å². The lowest BCUT2D eigenvalue weighted by molar-refractivity contribution is -0.137. The van der Waals surface area contributed by atoms with E-state index in [4.69, 9.17) is 4.74 Å². The fraction of sp³-hybridized carbons (Fsp3) is 0.227. The van der Waals surface area contributed by atoms with Crippen molar-refractivity contribution in [2.75, 3.05) is 17.2 Å². The van der Waals surface area contributed by atoms with Crippen LogP contribution in [0.25, 0.3) is 5.69 Å². The van der Waals surface area contributed by atoms with Crippen molar-refractivity contribution in [1.82, 2.24) is 9.78 Å². The first-order chi connectivity index (χ1) is 15.3. The van der Waals surface area contributed by atoms with Crippen LogP contribution in [0.4, 0.5) is 24.5 Å². The van der Waals surface area contributed by atoms with Crippen LogP contribution < -0.4 is 10.6 Å². The van der Waals surface area contributed by atoms with Crippen LogP contribution in [0.5, 0.6) is 0 Å². The van der Waals surface area contributed by atoms with Crippen molar-refractivity contribution in [3.63, 3.8) is 0 Å². The van der Waals surface area contributed by atoms with Crippen LogP contribution in [0.15, 0.2) is 60.9 Å². The Morgan fingerprint density at radius 1 is 1.09 bits per heavy atom. The Balaban J connectivity index is 1.54. The standard InChI is InChI=1S/C22H19F3N4O3/c23-22(24,25)17-13-16(29-10-3-9-26-29)7-8-18(17)28-20(30)14-4-1-5-15(12-14)27-21(31)19-6-2-11-32-19/h1,3-5,7-10,12-13,19H,2,6,11H2,(H,27,31)(H,28,30). The molecule has 1 unspecified atom stereocenters. The summed E-state index contributed by atoms with van der Waals surface area (Å²) in [4.78, 5) is 24.9. The van der Waals surface area contributed by atoms with E-state index in [1.165, 1.54) is 47.4 Å². The molecule has 3 aromatic rings. The van der Waals surface area contributed by atoms with Crippen molar-refractivity contribution in [2.45, 2.75) is 25.1 Å². The molecule has 1 atom stereocenters. The van der Waals surface area contributed by atoms with E-state index in [9.17, 15) is 22.8 Å². The van der Waals surface area contributed by atoms with Gasteiger partial charge in [-0.05, 0) is 55.3 Å². The first-order valence-electron chi connectivity index (χ1n) is 9.86. The normalized spacial score (nSPS) is 16.0. The molecule has 166 valence electrons. The molecule has 1 aliphatic rings. The van der Waals surface area contributed by atoms with Gasteiger partial charge in [0, 0.05) is 30.3 Å². The lowest BCUT2D eigenvalue weighted by Gasteiger charge is -2.16. The maximum atomic E-state index is 13.6. The number of halogens is 3. The summed E-state index contributed by atoms with van der Waals surface area (Å²) in [5, 5.41) is 8.91. The third-order valence-corrected chi connectivity index (χ3v) is 4.94. The maximum Gasteiger partial charge on any atom is 0.418 e. The van der Waals surface area contributed by atoms with Crippen molar-refractivity contribution in [2.24, 2.45) is 0 Å². The van der Waals surface area contributed by atoms with Gasteiger partial charge in [0.05, 0.1) is 16.9 Å². The highest BCUT2D eigenvalue weighted by atomic mass is 19.4. The quantitative estimate of drug-likeness (QED) is 0.616. The summed E-state index contributed by atoms with van der Waals surface area (Å²) < 4.78 is 47.5. The van der Waals surface area contributed by atoms with Gasteiger partial charge in [0.15, 0.2) is 0 Å². The number of ether oxygens (including phenoxy) is 1. The number of carbonyl (C=O) groups excluding carboxylic acids is 2. The second-order valence-electron chi connectivity index (χ2n) is 7.20. The van der Waals surface area contributed by atoms with E-state index in [1.54, 1.807) is 12.1 Å². The van der Waals surface area contributed by atoms with Gasteiger partial charge in [-0.3, -0.25) is 9.59 Å². The average Bonchev–Trinajstić information content (AvgIpc) is 3.48. The Bertz CT molecular complexity index is 1120. The molecule has 0 radical (unpaired) electrons. The molecule has 0 saturated carbocycles. The van der Waals surface area contributed by atoms with Gasteiger partial charge < -0.3 is 15.4 Å². The zero-order valence-corrected chi connectivity index (χ0v) is 16.7. The molecule has 1 aliphatic heterocycles. The SMILES string of the molecule is O=C(Nc1ccc(-n2cccn2)cc1C(F)(F)F)c1cccc(NC(=O)C2CCCO2)c1. The topological polar surface area (TPSA) is 85.3 Å². The molecule has 0 aliphatic carbocycles. The molecular weight excluding hydrogens is 425 g/mol. The Labute approximate surface area is 181 Å². The van der Waals surface area contributed by atoms with Crippen molar-refractivity contribution in [3.8, 4) is 5.69 Å². The smallest absolute Gasteiger partial charge is 0.368 e. The van der Waals surface area contributed by atoms with Gasteiger partial charge in [-0.2, -0.15) is 18.3 Å². The van der Waals surface area contributed by atoms with Crippen LogP contribution >= 0.6 is 0 Å².